The molecule has 2 amide bonds. The average Bonchev–Trinajstić information content (AvgIpc) is 2.95. The lowest BCUT2D eigenvalue weighted by Crippen LogP contribution is -2.38. The molecule has 2 fully saturated rings. The predicted octanol–water partition coefficient (Wildman–Crippen LogP) is 1.40. The number of nitrogens with two attached hydrogens (primary N) is 1. The molecule has 13 nitrogen and oxygen atoms in total. The van der Waals surface area contributed by atoms with Crippen LogP contribution in [-0.2, 0) is 9.47 Å². The number of nitrogens with one attached hydrogen (secondary N) is 2. The van der Waals surface area contributed by atoms with Gasteiger partial charge in [0, 0.05) is 39.3 Å². The van der Waals surface area contributed by atoms with Crippen LogP contribution in [0.3, 0.4) is 0 Å². The third-order valence-electron chi connectivity index (χ3n) is 6.12. The minimum absolute atomic E-state index is 0.0654. The zero-order valence-corrected chi connectivity index (χ0v) is 24.3. The Balaban J connectivity index is 0.000000220. The molecule has 0 aliphatic carbocycles. The van der Waals surface area contributed by atoms with Gasteiger partial charge in [-0.15, -0.1) is 0 Å². The van der Waals surface area contributed by atoms with Crippen molar-refractivity contribution in [3.8, 4) is 0 Å². The molecule has 4 heterocycles. The van der Waals surface area contributed by atoms with E-state index in [2.05, 4.69) is 40.4 Å². The second-order valence-electron chi connectivity index (χ2n) is 8.88. The van der Waals surface area contributed by atoms with E-state index in [1.54, 1.807) is 0 Å². The number of aromatic nitrogens is 4. The fourth-order valence-electron chi connectivity index (χ4n) is 3.95. The van der Waals surface area contributed by atoms with Gasteiger partial charge < -0.3 is 25.8 Å². The van der Waals surface area contributed by atoms with Crippen molar-refractivity contribution < 1.29 is 19.1 Å². The molecule has 2 aliphatic heterocycles. The Hall–Kier alpha value is -2.39. The Labute approximate surface area is 248 Å². The molecule has 4 rings (SSSR count). The number of hydrogen-bond acceptors (Lipinski definition) is 11. The van der Waals surface area contributed by atoms with Crippen LogP contribution in [0.5, 0.6) is 0 Å². The maximum absolute atomic E-state index is 11.9. The van der Waals surface area contributed by atoms with E-state index < -0.39 is 0 Å². The van der Waals surface area contributed by atoms with Crippen molar-refractivity contribution >= 4 is 52.4 Å². The fourth-order valence-corrected chi connectivity index (χ4v) is 4.67. The van der Waals surface area contributed by atoms with Gasteiger partial charge in [0.1, 0.15) is 45.1 Å². The van der Waals surface area contributed by atoms with Crippen molar-refractivity contribution in [2.24, 2.45) is 0 Å². The van der Waals surface area contributed by atoms with Gasteiger partial charge in [-0.05, 0) is 25.9 Å². The molecule has 40 heavy (non-hydrogen) atoms. The average molecular weight is 619 g/mol. The number of carbonyl (C=O) groups is 2. The summed E-state index contributed by atoms with van der Waals surface area (Å²) in [6.07, 6.45) is 4.17. The molecule has 0 spiro atoms. The number of anilines is 1. The lowest BCUT2D eigenvalue weighted by molar-refractivity contribution is 0.0373. The largest absolute Gasteiger partial charge is 0.383 e. The van der Waals surface area contributed by atoms with Gasteiger partial charge in [-0.25, -0.2) is 19.9 Å². The molecular formula is C24H34Cl3N9O4. The zero-order valence-electron chi connectivity index (χ0n) is 22.1. The number of halogens is 3. The number of nitrogens with zero attached hydrogens (tertiary/aromatic N) is 6. The van der Waals surface area contributed by atoms with Crippen LogP contribution in [0.4, 0.5) is 5.82 Å². The standard InChI is InChI=1S/C12H16Cl2N4O2.C12H18ClN5O2/c2*13-10-9(11(14)17-8-16-10)12(19)15-2-1-3-18-4-6-20-7-5-18/h8H,1-7H2,(H,15,19);8H,1-7H2,(H,15,19)(H2,14,16,17). The molecular weight excluding hydrogens is 585 g/mol. The first-order valence-electron chi connectivity index (χ1n) is 13.0. The van der Waals surface area contributed by atoms with Gasteiger partial charge >= 0.3 is 0 Å². The number of nitrogen functional groups attached to an aromatic ring is 1. The van der Waals surface area contributed by atoms with E-state index in [1.165, 1.54) is 12.7 Å². The number of amides is 2. The minimum atomic E-state index is -0.345. The molecule has 0 bridgehead atoms. The molecule has 2 aliphatic rings. The quantitative estimate of drug-likeness (QED) is 0.261. The normalized spacial score (nSPS) is 16.1. The molecule has 2 aromatic rings. The number of rotatable bonds is 10. The van der Waals surface area contributed by atoms with Gasteiger partial charge in [-0.3, -0.25) is 19.4 Å². The van der Waals surface area contributed by atoms with Gasteiger partial charge in [-0.1, -0.05) is 34.8 Å². The van der Waals surface area contributed by atoms with Crippen molar-refractivity contribution in [1.29, 1.82) is 0 Å². The van der Waals surface area contributed by atoms with E-state index in [0.717, 1.165) is 78.5 Å². The Morgan fingerprint density at radius 3 is 1.57 bits per heavy atom. The summed E-state index contributed by atoms with van der Waals surface area (Å²) >= 11 is 17.5. The van der Waals surface area contributed by atoms with E-state index in [9.17, 15) is 9.59 Å². The smallest absolute Gasteiger partial charge is 0.258 e. The van der Waals surface area contributed by atoms with E-state index in [0.29, 0.717) is 13.1 Å². The highest BCUT2D eigenvalue weighted by molar-refractivity contribution is 6.38. The number of carbonyl (C=O) groups excluding carboxylic acids is 2. The monoisotopic (exact) mass is 617 g/mol. The van der Waals surface area contributed by atoms with Crippen LogP contribution in [0.15, 0.2) is 12.7 Å². The third kappa shape index (κ3) is 10.5. The van der Waals surface area contributed by atoms with Gasteiger partial charge in [0.2, 0.25) is 0 Å². The highest BCUT2D eigenvalue weighted by Crippen LogP contribution is 2.19. The Kier molecular flexibility index (Phi) is 14.0. The first-order chi connectivity index (χ1) is 19.4. The van der Waals surface area contributed by atoms with E-state index in [4.69, 9.17) is 50.0 Å². The molecule has 16 heteroatoms. The summed E-state index contributed by atoms with van der Waals surface area (Å²) in [6, 6.07) is 0. The zero-order chi connectivity index (χ0) is 28.7. The Bertz CT molecular complexity index is 977. The SMILES string of the molecule is Nc1ncnc(Cl)c1C(=O)NCCCN1CCOCC1.O=C(NCCCN1CCOCC1)c1c(Cl)ncnc1Cl. The summed E-state index contributed by atoms with van der Waals surface area (Å²) in [5.41, 5.74) is 5.89. The van der Waals surface area contributed by atoms with Crippen molar-refractivity contribution in [2.45, 2.75) is 12.8 Å². The molecule has 0 atom stereocenters. The summed E-state index contributed by atoms with van der Waals surface area (Å²) in [6.45, 7) is 9.85. The van der Waals surface area contributed by atoms with Crippen LogP contribution in [0.2, 0.25) is 15.5 Å². The minimum Gasteiger partial charge on any atom is -0.383 e. The summed E-state index contributed by atoms with van der Waals surface area (Å²) in [5, 5.41) is 5.76. The third-order valence-corrected chi connectivity index (χ3v) is 6.98. The van der Waals surface area contributed by atoms with Gasteiger partial charge in [0.15, 0.2) is 0 Å². The van der Waals surface area contributed by atoms with Crippen LogP contribution in [0.25, 0.3) is 0 Å². The van der Waals surface area contributed by atoms with Crippen molar-refractivity contribution in [3.63, 3.8) is 0 Å². The van der Waals surface area contributed by atoms with Crippen LogP contribution < -0.4 is 16.4 Å². The van der Waals surface area contributed by atoms with Crippen LogP contribution in [0.1, 0.15) is 33.6 Å². The van der Waals surface area contributed by atoms with Crippen molar-refractivity contribution in [1.82, 2.24) is 40.4 Å². The molecule has 0 saturated carbocycles. The van der Waals surface area contributed by atoms with Gasteiger partial charge in [-0.2, -0.15) is 0 Å². The Morgan fingerprint density at radius 2 is 1.12 bits per heavy atom. The predicted molar refractivity (Wildman–Crippen MR) is 152 cm³/mol. The summed E-state index contributed by atoms with van der Waals surface area (Å²) in [7, 11) is 0. The van der Waals surface area contributed by atoms with E-state index >= 15 is 0 Å². The molecule has 2 saturated heterocycles. The maximum atomic E-state index is 11.9. The lowest BCUT2D eigenvalue weighted by atomic mass is 10.2. The summed E-state index contributed by atoms with van der Waals surface area (Å²) < 4.78 is 10.5. The Morgan fingerprint density at radius 1 is 0.725 bits per heavy atom. The number of hydrogen-bond donors (Lipinski definition) is 3. The molecule has 4 N–H and O–H groups in total. The van der Waals surface area contributed by atoms with Crippen molar-refractivity contribution in [3.05, 3.63) is 39.2 Å². The van der Waals surface area contributed by atoms with Crippen molar-refractivity contribution in [2.75, 3.05) is 84.5 Å². The second kappa shape index (κ2) is 17.4. The lowest BCUT2D eigenvalue weighted by Gasteiger charge is -2.26. The van der Waals surface area contributed by atoms with E-state index in [-0.39, 0.29) is 44.2 Å². The fraction of sp³-hybridized carbons (Fsp3) is 0.583. The molecule has 0 unspecified atom stereocenters. The van der Waals surface area contributed by atoms with Gasteiger partial charge in [0.05, 0.1) is 26.4 Å². The van der Waals surface area contributed by atoms with Crippen LogP contribution in [0, 0.1) is 0 Å². The summed E-state index contributed by atoms with van der Waals surface area (Å²) in [5.74, 6) is -0.590. The van der Waals surface area contributed by atoms with Gasteiger partial charge in [0.25, 0.3) is 11.8 Å². The maximum Gasteiger partial charge on any atom is 0.258 e. The highest BCUT2D eigenvalue weighted by Gasteiger charge is 2.18. The van der Waals surface area contributed by atoms with E-state index in [1.807, 2.05) is 0 Å². The molecule has 0 aromatic carbocycles. The molecule has 0 radical (unpaired) electrons. The number of ether oxygens (including phenoxy) is 2. The topological polar surface area (TPSA) is 161 Å². The first-order valence-corrected chi connectivity index (χ1v) is 14.1. The first kappa shape index (κ1) is 32.1. The molecule has 220 valence electrons. The van der Waals surface area contributed by atoms with Crippen LogP contribution in [-0.4, -0.2) is 120 Å². The molecule has 2 aromatic heterocycles. The summed E-state index contributed by atoms with van der Waals surface area (Å²) in [4.78, 5) is 43.5. The second-order valence-corrected chi connectivity index (χ2v) is 9.96. The van der Waals surface area contributed by atoms with Crippen LogP contribution >= 0.6 is 34.8 Å². The highest BCUT2D eigenvalue weighted by atomic mass is 35.5. The number of morpholine rings is 2.